The summed E-state index contributed by atoms with van der Waals surface area (Å²) in [6.45, 7) is -40.3. The number of rotatable bonds is 24. The molecule has 2 fully saturated rings. The molecule has 2 amide bonds. The number of fused-ring (bicyclic) bond motifs is 2. The van der Waals surface area contributed by atoms with Gasteiger partial charge in [0.15, 0.2) is 34.1 Å². The second-order valence-electron chi connectivity index (χ2n) is 21.4. The Labute approximate surface area is 676 Å². The third-order valence-electron chi connectivity index (χ3n) is 14.6. The average Bonchev–Trinajstić information content (AvgIpc) is 0.659. The van der Waals surface area contributed by atoms with E-state index in [4.69, 9.17) is 45.2 Å². The van der Waals surface area contributed by atoms with Crippen LogP contribution in [0.4, 0.5) is 43.9 Å². The third kappa shape index (κ3) is 19.3. The Bertz CT molecular complexity index is 7160. The summed E-state index contributed by atoms with van der Waals surface area (Å²) in [4.78, 5) is 56.5. The lowest BCUT2D eigenvalue weighted by Gasteiger charge is -2.39. The predicted molar refractivity (Wildman–Crippen MR) is 391 cm³/mol. The van der Waals surface area contributed by atoms with Crippen molar-refractivity contribution in [3.63, 3.8) is 0 Å². The average molecular weight is 1530 g/mol. The lowest BCUT2D eigenvalue weighted by molar-refractivity contribution is -0.138. The van der Waals surface area contributed by atoms with E-state index in [9.17, 15) is 68.3 Å². The van der Waals surface area contributed by atoms with Crippen LogP contribution >= 0.6 is 23.5 Å². The molecule has 12 rings (SSSR count). The Morgan fingerprint density at radius 1 is 0.552 bits per heavy atom. The molecule has 2 aromatic heterocycles. The van der Waals surface area contributed by atoms with Crippen molar-refractivity contribution in [2.75, 3.05) is 66.3 Å². The summed E-state index contributed by atoms with van der Waals surface area (Å²) in [6.07, 6.45) is -28.7. The first-order chi connectivity index (χ1) is 68.8. The fourth-order valence-electron chi connectivity index (χ4n) is 9.46. The van der Waals surface area contributed by atoms with Crippen molar-refractivity contribution in [1.82, 2.24) is 28.7 Å². The predicted octanol–water partition coefficient (Wildman–Crippen LogP) is 17.1. The number of likely N-dealkylation sites (tertiary alicyclic amines) is 2. The number of thioether (sulfide) groups is 2. The molecule has 2 aliphatic rings. The number of hydrogen-bond acceptors (Lipinski definition) is 10. The maximum absolute atomic E-state index is 16.0. The van der Waals surface area contributed by atoms with E-state index in [0.29, 0.717) is 16.3 Å². The van der Waals surface area contributed by atoms with E-state index in [0.717, 1.165) is 43.3 Å². The molecule has 4 heterocycles. The first kappa shape index (κ1) is 37.0. The number of ether oxygens (including phenoxy) is 2. The fourth-order valence-corrected chi connectivity index (χ4v) is 11.4. The van der Waals surface area contributed by atoms with Gasteiger partial charge in [-0.1, -0.05) is 115 Å². The van der Waals surface area contributed by atoms with Crippen LogP contribution in [0.15, 0.2) is 207 Å². The number of carbonyl (C=O) groups is 2. The normalized spacial score (nSPS) is 25.9. The molecular formula is C81H78F10N6O6S2. The van der Waals surface area contributed by atoms with E-state index >= 15 is 14.0 Å². The Morgan fingerprint density at radius 3 is 1.74 bits per heavy atom. The monoisotopic (exact) mass is 1530 g/mol. The number of halogens is 10. The maximum Gasteiger partial charge on any atom is 0.416 e. The van der Waals surface area contributed by atoms with Crippen molar-refractivity contribution in [3.8, 4) is 22.3 Å². The van der Waals surface area contributed by atoms with E-state index in [-0.39, 0.29) is 54.4 Å². The summed E-state index contributed by atoms with van der Waals surface area (Å²) in [7, 11) is -6.96. The highest BCUT2D eigenvalue weighted by Gasteiger charge is 2.34. The van der Waals surface area contributed by atoms with Crippen molar-refractivity contribution >= 4 is 57.1 Å². The summed E-state index contributed by atoms with van der Waals surface area (Å²) in [5.74, 6) is -13.3. The number of nitrogens with zero attached hydrogens (tertiary/aromatic N) is 6. The molecule has 24 heteroatoms. The van der Waals surface area contributed by atoms with E-state index in [1.54, 1.807) is 0 Å². The molecule has 2 saturated heterocycles. The van der Waals surface area contributed by atoms with Crippen LogP contribution in [0.2, 0.25) is 0 Å². The minimum Gasteiger partial charge on any atom is -0.383 e. The number of piperidine rings is 2. The van der Waals surface area contributed by atoms with Gasteiger partial charge in [-0.25, -0.2) is 17.6 Å². The number of para-hydroxylation sites is 2. The van der Waals surface area contributed by atoms with Crippen LogP contribution in [-0.2, 0) is 69.0 Å². The van der Waals surface area contributed by atoms with Crippen molar-refractivity contribution in [1.29, 1.82) is 0 Å². The van der Waals surface area contributed by atoms with Gasteiger partial charge in [0.2, 0.25) is 11.8 Å². The quantitative estimate of drug-likeness (QED) is 0.0428. The van der Waals surface area contributed by atoms with Gasteiger partial charge in [-0.05, 0) is 132 Å². The second-order valence-corrected chi connectivity index (χ2v) is 23.3. The lowest BCUT2D eigenvalue weighted by Crippen LogP contribution is -2.48. The Kier molecular flexibility index (Phi) is 12.3. The van der Waals surface area contributed by atoms with Gasteiger partial charge in [0.1, 0.15) is 13.0 Å². The number of hydrogen-bond donors (Lipinski definition) is 0. The third-order valence-corrected chi connectivity index (χ3v) is 16.7. The van der Waals surface area contributed by atoms with Crippen LogP contribution < -0.4 is 10.9 Å². The molecule has 550 valence electrons. The zero-order chi connectivity index (χ0) is 116. The molecule has 0 aliphatic carbocycles. The summed E-state index contributed by atoms with van der Waals surface area (Å²) in [5.41, 5.74) is -13.1. The molecule has 10 aromatic rings. The summed E-state index contributed by atoms with van der Waals surface area (Å²) >= 11 is 0.301. The van der Waals surface area contributed by atoms with Gasteiger partial charge >= 0.3 is 12.4 Å². The number of amides is 2. The Morgan fingerprint density at radius 2 is 1.11 bits per heavy atom. The van der Waals surface area contributed by atoms with E-state index in [1.807, 2.05) is 0 Å². The number of carbonyl (C=O) groups excluding carboxylic acids is 2. The zero-order valence-corrected chi connectivity index (χ0v) is 54.8. The van der Waals surface area contributed by atoms with Gasteiger partial charge in [0.05, 0.1) is 82.4 Å². The number of benzene rings is 8. The van der Waals surface area contributed by atoms with Gasteiger partial charge in [-0.15, -0.1) is 23.5 Å². The zero-order valence-electron chi connectivity index (χ0n) is 100. The maximum atomic E-state index is 16.0. The molecule has 0 spiro atoms. The molecule has 2 aliphatic heterocycles. The largest absolute Gasteiger partial charge is 0.416 e. The van der Waals surface area contributed by atoms with E-state index in [2.05, 4.69) is 9.47 Å². The molecule has 0 atom stereocenters. The fraction of sp³-hybridized carbons (Fsp3) is 0.309. The van der Waals surface area contributed by atoms with Gasteiger partial charge in [0, 0.05) is 151 Å². The van der Waals surface area contributed by atoms with E-state index in [1.165, 1.54) is 60.7 Å². The molecule has 8 aromatic carbocycles. The highest BCUT2D eigenvalue weighted by atomic mass is 32.2. The first-order valence-corrected chi connectivity index (χ1v) is 31.8. The minimum absolute atomic E-state index is 0.130. The second kappa shape index (κ2) is 34.9. The van der Waals surface area contributed by atoms with Crippen LogP contribution in [-0.4, -0.2) is 119 Å². The van der Waals surface area contributed by atoms with Crippen molar-refractivity contribution in [2.24, 2.45) is 0 Å². The highest BCUT2D eigenvalue weighted by molar-refractivity contribution is 7.98. The Balaban J connectivity index is 0.000000294. The summed E-state index contributed by atoms with van der Waals surface area (Å²) in [5, 5.41) is -3.47. The molecule has 0 radical (unpaired) electrons. The lowest BCUT2D eigenvalue weighted by atomic mass is 9.97. The molecular weight excluding hydrogens is 1410 g/mol. The van der Waals surface area contributed by atoms with Crippen LogP contribution in [0.3, 0.4) is 0 Å². The smallest absolute Gasteiger partial charge is 0.383 e. The highest BCUT2D eigenvalue weighted by Crippen LogP contribution is 2.36. The van der Waals surface area contributed by atoms with Crippen LogP contribution in [0.1, 0.15) is 129 Å². The molecule has 105 heavy (non-hydrogen) atoms. The van der Waals surface area contributed by atoms with Gasteiger partial charge in [-0.3, -0.25) is 19.2 Å². The van der Waals surface area contributed by atoms with E-state index < -0.39 is 365 Å². The van der Waals surface area contributed by atoms with Crippen LogP contribution in [0.5, 0.6) is 0 Å². The van der Waals surface area contributed by atoms with Crippen LogP contribution in [0, 0.1) is 30.2 Å². The topological polar surface area (TPSA) is 110 Å². The molecule has 12 nitrogen and oxygen atoms in total. The summed E-state index contributed by atoms with van der Waals surface area (Å²) in [6, 6.07) is -13.3. The standard InChI is InChI=1S/C41H40F5N3O3S.C40H38F5N3O3S/c1-27-22-29(28-12-14-32(15-13-28)41(44,45)46)10-11-30(27)24-48(33-16-18-47(19-17-33)20-21-52-2)38(51)25-49-36-9-4-3-7-34(36)37(50)23-39(49)53-26-31-6-5-8-35(42)40(31)43;1-51-22-21-46-19-17-32(18-20-46)47(24-27-9-11-28(12-10-27)29-13-15-31(16-14-29)40(43,44)45)37(50)25-48-35-8-3-2-6-33(35)36(49)23-38(48)52-26-30-5-4-7-34(41)39(30)42/h3-15,22-23,33H,16-21,24-26H2,1-2H3;2-16,23,32H,17-22,24-26H2,1H3/i2D3,3D,4D,5D,6D,7D,8D,9D,10D,11D,12D,13D,14D,15D,16D2,17D2,18D2,19D2,20D2,22D,23D,25D2,33D;1D3,17D2,18D2,19D2,20D2,21D2,25D2,32D. The molecule has 0 bridgehead atoms. The molecule has 0 saturated carbocycles. The number of methoxy groups -OCH3 is 2. The van der Waals surface area contributed by atoms with Gasteiger partial charge < -0.3 is 38.2 Å². The van der Waals surface area contributed by atoms with Crippen molar-refractivity contribution in [3.05, 3.63) is 270 Å². The number of pyridine rings is 2. The number of aromatic nitrogens is 2. The van der Waals surface area contributed by atoms with Gasteiger partial charge in [0.25, 0.3) is 0 Å². The van der Waals surface area contributed by atoms with Crippen molar-refractivity contribution in [2.45, 2.75) is 104 Å². The Hall–Kier alpha value is -9.04. The summed E-state index contributed by atoms with van der Waals surface area (Å²) < 4.78 is 560. The molecule has 0 unspecified atom stereocenters. The first-order valence-electron chi connectivity index (χ1n) is 53.3. The van der Waals surface area contributed by atoms with Crippen LogP contribution in [0.25, 0.3) is 44.1 Å². The minimum atomic E-state index is -5.54. The SMILES string of the molecule is [2H]C([2H])([2H])OCC([2H])([2H])N1C([2H])([2H])C([2H])([2H])C([2H])(N(Cc2ccc(-c3ccc(C(F)(F)F)cc3)cc2)C(=O)C([2H])([2H])n2c(SCc3cccc(F)c3F)cc(=O)c3ccccc32)C([2H])([2H])C1([2H])[2H].[2H]c1c([2H])c(F)c(F)c(CSc2c([2H])c(=O)c3c([2H])c([2H])c([2H])c([2H])c3n2C([2H])([2H])C(=O)N(Cc2c([2H])c([2H])c(-c3c([2H])c([2H])c(C(F)(F)F)c([2H])c3[2H])c([2H])c2C)C2([2H])C([2H])([2H])C([2H])([2H])N(C([2H])([2H])COC([2H])([2H])[2H])C([2H])([2H])C2([2H])[2H])c1[2H]. The molecule has 0 N–H and O–H groups in total. The number of alkyl halides is 6. The van der Waals surface area contributed by atoms with Gasteiger partial charge in [-0.2, -0.15) is 26.3 Å². The van der Waals surface area contributed by atoms with Crippen molar-refractivity contribution < 1.29 is 127 Å².